The van der Waals surface area contributed by atoms with Crippen molar-refractivity contribution in [3.63, 3.8) is 0 Å². The predicted molar refractivity (Wildman–Crippen MR) is 90.7 cm³/mol. The molecule has 0 radical (unpaired) electrons. The smallest absolute Gasteiger partial charge is 0.269 e. The van der Waals surface area contributed by atoms with Crippen molar-refractivity contribution in [1.29, 1.82) is 0 Å². The summed E-state index contributed by atoms with van der Waals surface area (Å²) in [7, 11) is -0.861. The fourth-order valence-electron chi connectivity index (χ4n) is 1.78. The lowest BCUT2D eigenvalue weighted by atomic mass is 10.2. The first kappa shape index (κ1) is 18.4. The maximum Gasteiger partial charge on any atom is 0.269 e. The molecule has 1 heterocycles. The molecule has 0 aliphatic rings. The lowest BCUT2D eigenvalue weighted by Gasteiger charge is -2.12. The molecule has 1 aromatic heterocycles. The number of carbonyl (C=O) groups is 2. The first-order chi connectivity index (χ1) is 11.8. The molecule has 0 fully saturated rings. The summed E-state index contributed by atoms with van der Waals surface area (Å²) < 4.78 is 30.2. The molecule has 0 aliphatic carbocycles. The van der Waals surface area contributed by atoms with Crippen molar-refractivity contribution in [2.45, 2.75) is 4.90 Å². The number of benzene rings is 1. The van der Waals surface area contributed by atoms with Crippen molar-refractivity contribution in [3.8, 4) is 0 Å². The first-order valence-electron chi connectivity index (χ1n) is 7.15. The van der Waals surface area contributed by atoms with E-state index in [0.29, 0.717) is 5.76 Å². The van der Waals surface area contributed by atoms with Crippen LogP contribution in [-0.4, -0.2) is 38.6 Å². The zero-order valence-electron chi connectivity index (χ0n) is 13.6. The van der Waals surface area contributed by atoms with E-state index < -0.39 is 21.8 Å². The van der Waals surface area contributed by atoms with E-state index in [1.807, 2.05) is 0 Å². The van der Waals surface area contributed by atoms with Crippen LogP contribution in [0, 0.1) is 0 Å². The topological polar surface area (TPSA) is 109 Å². The van der Waals surface area contributed by atoms with Gasteiger partial charge in [0.1, 0.15) is 5.76 Å². The number of rotatable bonds is 5. The molecule has 8 nitrogen and oxygen atoms in total. The van der Waals surface area contributed by atoms with Gasteiger partial charge in [0.25, 0.3) is 11.8 Å². The van der Waals surface area contributed by atoms with E-state index in [1.54, 1.807) is 12.1 Å². The molecule has 132 valence electrons. The van der Waals surface area contributed by atoms with E-state index >= 15 is 0 Å². The van der Waals surface area contributed by atoms with Crippen LogP contribution >= 0.6 is 0 Å². The lowest BCUT2D eigenvalue weighted by molar-refractivity contribution is -0.117. The molecule has 1 aromatic carbocycles. The molecule has 2 rings (SSSR count). The number of sulfonamides is 1. The van der Waals surface area contributed by atoms with Gasteiger partial charge in [-0.2, -0.15) is 0 Å². The highest BCUT2D eigenvalue weighted by Gasteiger charge is 2.18. The van der Waals surface area contributed by atoms with Crippen LogP contribution in [0.3, 0.4) is 0 Å². The number of hydrogen-bond donors (Lipinski definition) is 2. The number of hydrogen-bond acceptors (Lipinski definition) is 5. The van der Waals surface area contributed by atoms with Gasteiger partial charge in [-0.05, 0) is 36.4 Å². The molecule has 0 spiro atoms. The van der Waals surface area contributed by atoms with Gasteiger partial charge in [0, 0.05) is 25.7 Å². The Kier molecular flexibility index (Phi) is 5.73. The summed E-state index contributed by atoms with van der Waals surface area (Å²) in [6.45, 7) is 0. The van der Waals surface area contributed by atoms with Gasteiger partial charge in [-0.1, -0.05) is 6.07 Å². The molecule has 0 unspecified atom stereocenters. The number of hydrazine groups is 1. The second-order valence-electron chi connectivity index (χ2n) is 5.11. The Morgan fingerprint density at radius 3 is 2.52 bits per heavy atom. The van der Waals surface area contributed by atoms with E-state index in [2.05, 4.69) is 10.9 Å². The average molecular weight is 363 g/mol. The molecular formula is C16H17N3O5S. The minimum atomic E-state index is -3.65. The summed E-state index contributed by atoms with van der Waals surface area (Å²) in [5.41, 5.74) is 4.50. The fraction of sp³-hybridized carbons (Fsp3) is 0.125. The third kappa shape index (κ3) is 4.78. The van der Waals surface area contributed by atoms with Gasteiger partial charge < -0.3 is 4.42 Å². The zero-order valence-corrected chi connectivity index (χ0v) is 14.4. The average Bonchev–Trinajstić information content (AvgIpc) is 3.11. The Hall–Kier alpha value is -2.91. The summed E-state index contributed by atoms with van der Waals surface area (Å²) >= 11 is 0. The van der Waals surface area contributed by atoms with Crippen molar-refractivity contribution in [2.75, 3.05) is 14.1 Å². The molecular weight excluding hydrogens is 346 g/mol. The van der Waals surface area contributed by atoms with Crippen LogP contribution in [0.5, 0.6) is 0 Å². The number of amides is 2. The van der Waals surface area contributed by atoms with Crippen LogP contribution in [0.4, 0.5) is 0 Å². The molecule has 0 saturated heterocycles. The van der Waals surface area contributed by atoms with Crippen LogP contribution in [0.1, 0.15) is 16.1 Å². The van der Waals surface area contributed by atoms with E-state index in [4.69, 9.17) is 4.42 Å². The zero-order chi connectivity index (χ0) is 18.4. The van der Waals surface area contributed by atoms with E-state index in [9.17, 15) is 18.0 Å². The van der Waals surface area contributed by atoms with Gasteiger partial charge >= 0.3 is 0 Å². The van der Waals surface area contributed by atoms with Crippen LogP contribution in [0.25, 0.3) is 6.08 Å². The lowest BCUT2D eigenvalue weighted by Crippen LogP contribution is -2.40. The van der Waals surface area contributed by atoms with Crippen molar-refractivity contribution >= 4 is 27.9 Å². The van der Waals surface area contributed by atoms with Crippen LogP contribution in [0.15, 0.2) is 58.1 Å². The van der Waals surface area contributed by atoms with Gasteiger partial charge in [-0.15, -0.1) is 0 Å². The van der Waals surface area contributed by atoms with E-state index in [1.165, 1.54) is 56.8 Å². The van der Waals surface area contributed by atoms with Gasteiger partial charge in [-0.25, -0.2) is 12.7 Å². The third-order valence-corrected chi connectivity index (χ3v) is 4.93. The Bertz CT molecular complexity index is 886. The Labute approximate surface area is 145 Å². The van der Waals surface area contributed by atoms with Gasteiger partial charge in [-0.3, -0.25) is 20.4 Å². The second-order valence-corrected chi connectivity index (χ2v) is 7.26. The van der Waals surface area contributed by atoms with Crippen molar-refractivity contribution in [3.05, 3.63) is 60.1 Å². The molecule has 0 atom stereocenters. The highest BCUT2D eigenvalue weighted by atomic mass is 32.2. The van der Waals surface area contributed by atoms with E-state index in [0.717, 1.165) is 4.31 Å². The Balaban J connectivity index is 2.00. The number of nitrogens with zero attached hydrogens (tertiary/aromatic N) is 1. The molecule has 9 heteroatoms. The molecule has 25 heavy (non-hydrogen) atoms. The first-order valence-corrected chi connectivity index (χ1v) is 8.59. The monoisotopic (exact) mass is 363 g/mol. The number of nitrogens with one attached hydrogen (secondary N) is 2. The Morgan fingerprint density at radius 2 is 1.88 bits per heavy atom. The Morgan fingerprint density at radius 1 is 1.12 bits per heavy atom. The van der Waals surface area contributed by atoms with Gasteiger partial charge in [0.15, 0.2) is 0 Å². The molecule has 0 bridgehead atoms. The largest absolute Gasteiger partial charge is 0.465 e. The predicted octanol–water partition coefficient (Wildman–Crippen LogP) is 1.00. The van der Waals surface area contributed by atoms with Crippen molar-refractivity contribution < 1.29 is 22.4 Å². The molecule has 0 aliphatic heterocycles. The maximum atomic E-state index is 12.1. The summed E-state index contributed by atoms with van der Waals surface area (Å²) in [4.78, 5) is 23.7. The fourth-order valence-corrected chi connectivity index (χ4v) is 2.73. The molecule has 2 N–H and O–H groups in total. The highest BCUT2D eigenvalue weighted by molar-refractivity contribution is 7.89. The standard InChI is InChI=1S/C16H17N3O5S/c1-19(2)25(22,23)14-7-3-5-12(11-14)16(21)18-17-15(20)9-8-13-6-4-10-24-13/h3-11H,1-2H3,(H,17,20)(H,18,21)/b9-8+. The minimum Gasteiger partial charge on any atom is -0.465 e. The SMILES string of the molecule is CN(C)S(=O)(=O)c1cccc(C(=O)NNC(=O)/C=C/c2ccco2)c1. The third-order valence-electron chi connectivity index (χ3n) is 3.12. The molecule has 2 amide bonds. The van der Waals surface area contributed by atoms with Crippen molar-refractivity contribution in [1.82, 2.24) is 15.2 Å². The maximum absolute atomic E-state index is 12.1. The van der Waals surface area contributed by atoms with Crippen LogP contribution in [0.2, 0.25) is 0 Å². The normalized spacial score (nSPS) is 11.6. The minimum absolute atomic E-state index is 0.0193. The second kappa shape index (κ2) is 7.77. The summed E-state index contributed by atoms with van der Waals surface area (Å²) in [6, 6.07) is 8.85. The number of furan rings is 1. The summed E-state index contributed by atoms with van der Waals surface area (Å²) in [6.07, 6.45) is 4.09. The van der Waals surface area contributed by atoms with Gasteiger partial charge in [0.2, 0.25) is 10.0 Å². The van der Waals surface area contributed by atoms with Crippen molar-refractivity contribution in [2.24, 2.45) is 0 Å². The van der Waals surface area contributed by atoms with Gasteiger partial charge in [0.05, 0.1) is 11.2 Å². The summed E-state index contributed by atoms with van der Waals surface area (Å²) in [5.74, 6) is -0.722. The quantitative estimate of drug-likeness (QED) is 0.609. The van der Waals surface area contributed by atoms with Crippen LogP contribution < -0.4 is 10.9 Å². The highest BCUT2D eigenvalue weighted by Crippen LogP contribution is 2.14. The molecule has 0 saturated carbocycles. The van der Waals surface area contributed by atoms with Crippen LogP contribution in [-0.2, 0) is 14.8 Å². The number of carbonyl (C=O) groups excluding carboxylic acids is 2. The summed E-state index contributed by atoms with van der Waals surface area (Å²) in [5, 5.41) is 0. The van der Waals surface area contributed by atoms with E-state index in [-0.39, 0.29) is 10.5 Å². The molecule has 2 aromatic rings.